The summed E-state index contributed by atoms with van der Waals surface area (Å²) in [6.07, 6.45) is 0. The van der Waals surface area contributed by atoms with E-state index in [9.17, 15) is 13.6 Å². The third-order valence-electron chi connectivity index (χ3n) is 2.47. The Balaban J connectivity index is 2.23. The van der Waals surface area contributed by atoms with Crippen LogP contribution in [0.4, 0.5) is 14.5 Å². The number of halogens is 3. The van der Waals surface area contributed by atoms with Crippen LogP contribution in [-0.4, -0.2) is 12.5 Å². The van der Waals surface area contributed by atoms with Crippen LogP contribution in [0.25, 0.3) is 0 Å². The second-order valence-electron chi connectivity index (χ2n) is 3.81. The van der Waals surface area contributed by atoms with Gasteiger partial charge in [-0.25, -0.2) is 0 Å². The molecule has 0 aliphatic heterocycles. The lowest BCUT2D eigenvalue weighted by Crippen LogP contribution is -2.15. The fraction of sp³-hybridized carbons (Fsp3) is 0.0714. The number of carbonyl (C=O) groups is 1. The van der Waals surface area contributed by atoms with Gasteiger partial charge < -0.3 is 10.1 Å². The molecule has 0 radical (unpaired) electrons. The van der Waals surface area contributed by atoms with Gasteiger partial charge in [0, 0.05) is 0 Å². The normalized spacial score (nSPS) is 10.4. The van der Waals surface area contributed by atoms with Gasteiger partial charge in [0.2, 0.25) is 0 Å². The Labute approximate surface area is 119 Å². The van der Waals surface area contributed by atoms with Crippen LogP contribution in [0.3, 0.4) is 0 Å². The molecule has 3 nitrogen and oxygen atoms in total. The quantitative estimate of drug-likeness (QED) is 0.919. The molecule has 2 aromatic rings. The minimum absolute atomic E-state index is 0.00715. The topological polar surface area (TPSA) is 38.3 Å². The number of ether oxygens (including phenoxy) is 1. The molecule has 0 heterocycles. The SMILES string of the molecule is O=C(Nc1ccccc1Cl)c1ccccc1OC(F)F. The van der Waals surface area contributed by atoms with Gasteiger partial charge in [-0.2, -0.15) is 8.78 Å². The molecule has 0 saturated carbocycles. The van der Waals surface area contributed by atoms with Crippen LogP contribution in [0.15, 0.2) is 48.5 Å². The number of alkyl halides is 2. The zero-order valence-electron chi connectivity index (χ0n) is 10.1. The van der Waals surface area contributed by atoms with Crippen molar-refractivity contribution in [2.45, 2.75) is 6.61 Å². The van der Waals surface area contributed by atoms with Crippen molar-refractivity contribution in [3.8, 4) is 5.75 Å². The maximum absolute atomic E-state index is 12.3. The summed E-state index contributed by atoms with van der Waals surface area (Å²) < 4.78 is 28.9. The van der Waals surface area contributed by atoms with Crippen molar-refractivity contribution in [1.29, 1.82) is 0 Å². The van der Waals surface area contributed by atoms with Crippen molar-refractivity contribution in [2.24, 2.45) is 0 Å². The van der Waals surface area contributed by atoms with E-state index in [1.165, 1.54) is 18.2 Å². The summed E-state index contributed by atoms with van der Waals surface area (Å²) in [6.45, 7) is -3.00. The fourth-order valence-corrected chi connectivity index (χ4v) is 1.79. The second kappa shape index (κ2) is 6.34. The molecule has 20 heavy (non-hydrogen) atoms. The van der Waals surface area contributed by atoms with Crippen molar-refractivity contribution >= 4 is 23.2 Å². The van der Waals surface area contributed by atoms with E-state index in [0.717, 1.165) is 0 Å². The Morgan fingerprint density at radius 3 is 2.45 bits per heavy atom. The van der Waals surface area contributed by atoms with Crippen molar-refractivity contribution in [2.75, 3.05) is 5.32 Å². The van der Waals surface area contributed by atoms with E-state index in [-0.39, 0.29) is 11.3 Å². The molecular weight excluding hydrogens is 288 g/mol. The summed E-state index contributed by atoms with van der Waals surface area (Å²) in [5, 5.41) is 2.90. The molecule has 0 atom stereocenters. The zero-order valence-corrected chi connectivity index (χ0v) is 10.9. The average Bonchev–Trinajstić information content (AvgIpc) is 2.41. The second-order valence-corrected chi connectivity index (χ2v) is 4.22. The van der Waals surface area contributed by atoms with Gasteiger partial charge in [0.05, 0.1) is 16.3 Å². The van der Waals surface area contributed by atoms with Crippen LogP contribution in [0.1, 0.15) is 10.4 Å². The van der Waals surface area contributed by atoms with Crippen LogP contribution in [-0.2, 0) is 0 Å². The lowest BCUT2D eigenvalue weighted by molar-refractivity contribution is -0.0501. The van der Waals surface area contributed by atoms with Crippen LogP contribution in [0, 0.1) is 0 Å². The first-order valence-corrected chi connectivity index (χ1v) is 6.05. The van der Waals surface area contributed by atoms with Crippen molar-refractivity contribution in [3.05, 3.63) is 59.1 Å². The standard InChI is InChI=1S/C14H10ClF2NO2/c15-10-6-2-3-7-11(10)18-13(19)9-5-1-4-8-12(9)20-14(16)17/h1-8,14H,(H,18,19). The molecule has 0 fully saturated rings. The van der Waals surface area contributed by atoms with Gasteiger partial charge in [-0.1, -0.05) is 35.9 Å². The lowest BCUT2D eigenvalue weighted by atomic mass is 10.2. The predicted octanol–water partition coefficient (Wildman–Crippen LogP) is 4.19. The van der Waals surface area contributed by atoms with E-state index >= 15 is 0 Å². The van der Waals surface area contributed by atoms with Crippen LogP contribution < -0.4 is 10.1 Å². The predicted molar refractivity (Wildman–Crippen MR) is 72.5 cm³/mol. The smallest absolute Gasteiger partial charge is 0.387 e. The highest BCUT2D eigenvalue weighted by Crippen LogP contribution is 2.24. The van der Waals surface area contributed by atoms with E-state index in [0.29, 0.717) is 10.7 Å². The summed E-state index contributed by atoms with van der Waals surface area (Å²) in [7, 11) is 0. The first-order valence-electron chi connectivity index (χ1n) is 5.67. The molecule has 0 unspecified atom stereocenters. The third-order valence-corrected chi connectivity index (χ3v) is 2.80. The lowest BCUT2D eigenvalue weighted by Gasteiger charge is -2.11. The van der Waals surface area contributed by atoms with Gasteiger partial charge in [0.25, 0.3) is 5.91 Å². The largest absolute Gasteiger partial charge is 0.434 e. The van der Waals surface area contributed by atoms with Crippen molar-refractivity contribution < 1.29 is 18.3 Å². The number of benzene rings is 2. The Kier molecular flexibility index (Phi) is 4.53. The Bertz CT molecular complexity index is 620. The van der Waals surface area contributed by atoms with Gasteiger partial charge >= 0.3 is 6.61 Å². The van der Waals surface area contributed by atoms with Gasteiger partial charge in [-0.15, -0.1) is 0 Å². The minimum atomic E-state index is -3.00. The maximum Gasteiger partial charge on any atom is 0.387 e. The highest BCUT2D eigenvalue weighted by Gasteiger charge is 2.16. The number of carbonyl (C=O) groups excluding carboxylic acids is 1. The van der Waals surface area contributed by atoms with E-state index < -0.39 is 12.5 Å². The van der Waals surface area contributed by atoms with E-state index in [4.69, 9.17) is 11.6 Å². The highest BCUT2D eigenvalue weighted by molar-refractivity contribution is 6.33. The molecular formula is C14H10ClF2NO2. The average molecular weight is 298 g/mol. The summed E-state index contributed by atoms with van der Waals surface area (Å²) in [5.74, 6) is -0.763. The number of nitrogens with one attached hydrogen (secondary N) is 1. The number of rotatable bonds is 4. The van der Waals surface area contributed by atoms with Gasteiger partial charge in [0.1, 0.15) is 5.75 Å². The minimum Gasteiger partial charge on any atom is -0.434 e. The molecule has 2 rings (SSSR count). The Morgan fingerprint density at radius 1 is 1.10 bits per heavy atom. The Morgan fingerprint density at radius 2 is 1.75 bits per heavy atom. The summed E-state index contributed by atoms with van der Waals surface area (Å²) in [4.78, 5) is 12.1. The maximum atomic E-state index is 12.3. The number of para-hydroxylation sites is 2. The molecule has 0 bridgehead atoms. The van der Waals surface area contributed by atoms with Crippen molar-refractivity contribution in [3.63, 3.8) is 0 Å². The monoisotopic (exact) mass is 297 g/mol. The molecule has 1 amide bonds. The first kappa shape index (κ1) is 14.3. The van der Waals surface area contributed by atoms with Gasteiger partial charge in [0.15, 0.2) is 0 Å². The summed E-state index contributed by atoms with van der Waals surface area (Å²) in [5.41, 5.74) is 0.402. The van der Waals surface area contributed by atoms with E-state index in [1.54, 1.807) is 30.3 Å². The molecule has 0 aliphatic carbocycles. The van der Waals surface area contributed by atoms with Crippen LogP contribution in [0.2, 0.25) is 5.02 Å². The number of anilines is 1. The highest BCUT2D eigenvalue weighted by atomic mass is 35.5. The molecule has 2 aromatic carbocycles. The number of hydrogen-bond acceptors (Lipinski definition) is 2. The molecule has 0 saturated heterocycles. The molecule has 0 aliphatic rings. The van der Waals surface area contributed by atoms with E-state index in [2.05, 4.69) is 10.1 Å². The molecule has 1 N–H and O–H groups in total. The fourth-order valence-electron chi connectivity index (χ4n) is 1.61. The van der Waals surface area contributed by atoms with E-state index in [1.807, 2.05) is 0 Å². The first-order chi connectivity index (χ1) is 9.58. The number of amides is 1. The third kappa shape index (κ3) is 3.45. The zero-order chi connectivity index (χ0) is 14.5. The van der Waals surface area contributed by atoms with Crippen LogP contribution >= 0.6 is 11.6 Å². The number of hydrogen-bond donors (Lipinski definition) is 1. The molecule has 6 heteroatoms. The molecule has 0 spiro atoms. The summed E-state index contributed by atoms with van der Waals surface area (Å²) in [6, 6.07) is 12.4. The van der Waals surface area contributed by atoms with Gasteiger partial charge in [-0.3, -0.25) is 4.79 Å². The van der Waals surface area contributed by atoms with Crippen LogP contribution in [0.5, 0.6) is 5.75 Å². The van der Waals surface area contributed by atoms with Gasteiger partial charge in [-0.05, 0) is 24.3 Å². The summed E-state index contributed by atoms with van der Waals surface area (Å²) >= 11 is 5.91. The Hall–Kier alpha value is -2.14. The van der Waals surface area contributed by atoms with Crippen molar-refractivity contribution in [1.82, 2.24) is 0 Å². The molecule has 104 valence electrons. The molecule has 0 aromatic heterocycles.